The highest BCUT2D eigenvalue weighted by Gasteiger charge is 2.17. The third-order valence-electron chi connectivity index (χ3n) is 3.08. The van der Waals surface area contributed by atoms with Crippen LogP contribution in [0.3, 0.4) is 0 Å². The molecule has 4 heterocycles. The molecule has 128 valence electrons. The molecule has 0 aliphatic rings. The van der Waals surface area contributed by atoms with Crippen molar-refractivity contribution in [3.8, 4) is 17.1 Å². The average molecular weight is 398 g/mol. The van der Waals surface area contributed by atoms with Crippen LogP contribution in [0.1, 0.15) is 0 Å². The van der Waals surface area contributed by atoms with Gasteiger partial charge in [0.05, 0.1) is 16.9 Å². The fourth-order valence-electron chi connectivity index (χ4n) is 2.16. The van der Waals surface area contributed by atoms with Crippen LogP contribution < -0.4 is 5.73 Å². The number of hydrogen-bond donors (Lipinski definition) is 3. The van der Waals surface area contributed by atoms with E-state index in [2.05, 4.69) is 25.1 Å². The normalized spacial score (nSPS) is 10.5. The van der Waals surface area contributed by atoms with E-state index in [1.165, 1.54) is 17.5 Å². The number of imidazole rings is 1. The fraction of sp³-hybridized carbons (Fsp3) is 0. The topological polar surface area (TPSA) is 136 Å². The zero-order chi connectivity index (χ0) is 18.0. The predicted octanol–water partition coefficient (Wildman–Crippen LogP) is 2.86. The van der Waals surface area contributed by atoms with E-state index >= 15 is 0 Å². The molecule has 0 aliphatic heterocycles. The van der Waals surface area contributed by atoms with E-state index in [4.69, 9.17) is 38.8 Å². The molecule has 4 aromatic rings. The fourth-order valence-corrected chi connectivity index (χ4v) is 3.28. The Morgan fingerprint density at radius 2 is 2.12 bits per heavy atom. The Balaban J connectivity index is 0.000000569. The Labute approximate surface area is 154 Å². The van der Waals surface area contributed by atoms with E-state index in [-0.39, 0.29) is 6.47 Å². The molecule has 0 aromatic carbocycles. The Morgan fingerprint density at radius 1 is 1.36 bits per heavy atom. The van der Waals surface area contributed by atoms with Crippen LogP contribution in [0.25, 0.3) is 27.4 Å². The van der Waals surface area contributed by atoms with Gasteiger partial charge in [0.25, 0.3) is 6.47 Å². The van der Waals surface area contributed by atoms with Gasteiger partial charge in [0.15, 0.2) is 16.6 Å². The van der Waals surface area contributed by atoms with Crippen molar-refractivity contribution >= 4 is 56.5 Å². The summed E-state index contributed by atoms with van der Waals surface area (Å²) in [6.45, 7) is -0.250. The number of aromatic amines is 1. The van der Waals surface area contributed by atoms with Gasteiger partial charge < -0.3 is 10.8 Å². The molecule has 12 heteroatoms. The van der Waals surface area contributed by atoms with Gasteiger partial charge in [0.2, 0.25) is 0 Å². The number of nitrogens with one attached hydrogen (secondary N) is 1. The van der Waals surface area contributed by atoms with Crippen molar-refractivity contribution in [1.82, 2.24) is 29.7 Å². The van der Waals surface area contributed by atoms with Crippen molar-refractivity contribution < 1.29 is 9.90 Å². The van der Waals surface area contributed by atoms with Crippen molar-refractivity contribution in [2.24, 2.45) is 0 Å². The Kier molecular flexibility index (Phi) is 4.83. The standard InChI is InChI=1S/C12H7Cl2N7S.CH2O2/c13-6-2-17-8(14)1-5(6)7-3-16-4-21(7)11-9-10(19-20-11)18-12(15)22-9;2-1-3/h1-4H,(H3,15,18,19,20);1H,(H,2,3). The first-order valence-corrected chi connectivity index (χ1v) is 8.14. The van der Waals surface area contributed by atoms with Crippen molar-refractivity contribution in [1.29, 1.82) is 0 Å². The van der Waals surface area contributed by atoms with Crippen molar-refractivity contribution in [3.63, 3.8) is 0 Å². The molecule has 9 nitrogen and oxygen atoms in total. The number of nitrogens with zero attached hydrogens (tertiary/aromatic N) is 5. The number of anilines is 1. The van der Waals surface area contributed by atoms with E-state index in [0.717, 1.165) is 10.4 Å². The maximum Gasteiger partial charge on any atom is 0.290 e. The number of hydrogen-bond acceptors (Lipinski definition) is 7. The highest BCUT2D eigenvalue weighted by molar-refractivity contribution is 7.22. The molecule has 0 bridgehead atoms. The quantitative estimate of drug-likeness (QED) is 0.349. The Morgan fingerprint density at radius 3 is 2.88 bits per heavy atom. The summed E-state index contributed by atoms with van der Waals surface area (Å²) >= 11 is 13.5. The summed E-state index contributed by atoms with van der Waals surface area (Å²) in [5, 5.41) is 15.3. The zero-order valence-corrected chi connectivity index (χ0v) is 14.5. The molecule has 0 fully saturated rings. The number of rotatable bonds is 2. The molecule has 0 unspecified atom stereocenters. The number of nitrogen functional groups attached to an aromatic ring is 1. The van der Waals surface area contributed by atoms with Gasteiger partial charge in [-0.25, -0.2) is 15.0 Å². The minimum atomic E-state index is -0.250. The third-order valence-corrected chi connectivity index (χ3v) is 4.47. The third kappa shape index (κ3) is 3.27. The summed E-state index contributed by atoms with van der Waals surface area (Å²) in [6.07, 6.45) is 4.83. The van der Waals surface area contributed by atoms with Gasteiger partial charge in [-0.1, -0.05) is 34.5 Å². The molecule has 0 radical (unpaired) electrons. The van der Waals surface area contributed by atoms with Crippen LogP contribution in [-0.2, 0) is 4.79 Å². The van der Waals surface area contributed by atoms with Gasteiger partial charge in [0.1, 0.15) is 16.2 Å². The van der Waals surface area contributed by atoms with Crippen LogP contribution in [0.15, 0.2) is 24.8 Å². The van der Waals surface area contributed by atoms with Crippen LogP contribution in [0.5, 0.6) is 0 Å². The van der Waals surface area contributed by atoms with Crippen LogP contribution in [0.4, 0.5) is 5.13 Å². The van der Waals surface area contributed by atoms with E-state index in [1.54, 1.807) is 23.2 Å². The van der Waals surface area contributed by atoms with E-state index in [1.807, 2.05) is 0 Å². The lowest BCUT2D eigenvalue weighted by Crippen LogP contribution is -1.97. The van der Waals surface area contributed by atoms with Gasteiger partial charge in [-0.3, -0.25) is 14.5 Å². The first-order chi connectivity index (χ1) is 12.0. The minimum absolute atomic E-state index is 0.250. The molecule has 25 heavy (non-hydrogen) atoms. The predicted molar refractivity (Wildman–Crippen MR) is 95.2 cm³/mol. The molecular weight excluding hydrogens is 389 g/mol. The maximum absolute atomic E-state index is 8.36. The first-order valence-electron chi connectivity index (χ1n) is 6.57. The number of pyridine rings is 1. The number of H-pyrrole nitrogens is 1. The molecule has 4 rings (SSSR count). The number of halogens is 2. The number of fused-ring (bicyclic) bond motifs is 1. The van der Waals surface area contributed by atoms with Gasteiger partial charge in [0, 0.05) is 11.8 Å². The van der Waals surface area contributed by atoms with Crippen molar-refractivity contribution in [2.45, 2.75) is 0 Å². The monoisotopic (exact) mass is 397 g/mol. The van der Waals surface area contributed by atoms with Crippen LogP contribution in [-0.4, -0.2) is 41.3 Å². The second kappa shape index (κ2) is 7.05. The molecule has 0 saturated heterocycles. The average Bonchev–Trinajstić information content (AvgIpc) is 3.25. The maximum atomic E-state index is 8.36. The molecule has 0 aliphatic carbocycles. The van der Waals surface area contributed by atoms with Crippen molar-refractivity contribution in [3.05, 3.63) is 35.0 Å². The van der Waals surface area contributed by atoms with E-state index in [9.17, 15) is 0 Å². The lowest BCUT2D eigenvalue weighted by atomic mass is 10.2. The Hall–Kier alpha value is -2.69. The molecule has 4 aromatic heterocycles. The number of carbonyl (C=O) groups is 1. The smallest absolute Gasteiger partial charge is 0.290 e. The SMILES string of the molecule is Nc1nc2[nH]nc(-n3cncc3-c3cc(Cl)ncc3Cl)c2s1.O=CO. The van der Waals surface area contributed by atoms with Gasteiger partial charge in [-0.05, 0) is 6.07 Å². The summed E-state index contributed by atoms with van der Waals surface area (Å²) in [6, 6.07) is 1.68. The van der Waals surface area contributed by atoms with Crippen LogP contribution >= 0.6 is 34.5 Å². The number of thiazole rings is 1. The van der Waals surface area contributed by atoms with E-state index in [0.29, 0.717) is 32.3 Å². The summed E-state index contributed by atoms with van der Waals surface area (Å²) in [5.41, 5.74) is 7.83. The highest BCUT2D eigenvalue weighted by Crippen LogP contribution is 2.33. The first kappa shape index (κ1) is 17.1. The lowest BCUT2D eigenvalue weighted by molar-refractivity contribution is -0.122. The van der Waals surface area contributed by atoms with Crippen molar-refractivity contribution in [2.75, 3.05) is 5.73 Å². The molecular formula is C13H9Cl2N7O2S. The summed E-state index contributed by atoms with van der Waals surface area (Å²) < 4.78 is 2.64. The number of carboxylic acid groups (broad SMARTS) is 1. The zero-order valence-electron chi connectivity index (χ0n) is 12.2. The molecule has 0 saturated carbocycles. The molecule has 4 N–H and O–H groups in total. The summed E-state index contributed by atoms with van der Waals surface area (Å²) in [5.74, 6) is 0.653. The summed E-state index contributed by atoms with van der Waals surface area (Å²) in [7, 11) is 0. The molecule has 0 atom stereocenters. The second-order valence-corrected chi connectivity index (χ2v) is 6.34. The highest BCUT2D eigenvalue weighted by atomic mass is 35.5. The number of nitrogens with two attached hydrogens (primary N) is 1. The molecule has 0 amide bonds. The number of aromatic nitrogens is 6. The lowest BCUT2D eigenvalue weighted by Gasteiger charge is -2.07. The van der Waals surface area contributed by atoms with E-state index < -0.39 is 0 Å². The van der Waals surface area contributed by atoms with Crippen LogP contribution in [0.2, 0.25) is 10.2 Å². The summed E-state index contributed by atoms with van der Waals surface area (Å²) in [4.78, 5) is 20.7. The second-order valence-electron chi connectivity index (χ2n) is 4.52. The largest absolute Gasteiger partial charge is 0.483 e. The van der Waals surface area contributed by atoms with Gasteiger partial charge in [-0.2, -0.15) is 5.10 Å². The van der Waals surface area contributed by atoms with Crippen LogP contribution in [0, 0.1) is 0 Å². The Bertz CT molecular complexity index is 1040. The van der Waals surface area contributed by atoms with Gasteiger partial charge in [-0.15, -0.1) is 0 Å². The minimum Gasteiger partial charge on any atom is -0.483 e. The molecule has 0 spiro atoms. The van der Waals surface area contributed by atoms with Gasteiger partial charge >= 0.3 is 0 Å².